The first-order valence-corrected chi connectivity index (χ1v) is 14.1. The van der Waals surface area contributed by atoms with Gasteiger partial charge in [-0.2, -0.15) is 13.5 Å². The van der Waals surface area contributed by atoms with E-state index in [2.05, 4.69) is 0 Å². The molecule has 0 fully saturated rings. The molecule has 0 nitrogen and oxygen atoms in total. The molecule has 0 rings (SSSR count). The Hall–Kier alpha value is 1.87. The minimum atomic E-state index is -1.14. The van der Waals surface area contributed by atoms with Crippen molar-refractivity contribution in [2.75, 3.05) is 0 Å². The zero-order valence-corrected chi connectivity index (χ0v) is 9.97. The molecule has 0 spiro atoms. The summed E-state index contributed by atoms with van der Waals surface area (Å²) in [4.78, 5) is 0. The molecule has 0 unspecified atom stereocenters. The summed E-state index contributed by atoms with van der Waals surface area (Å²) in [6, 6.07) is 0. The van der Waals surface area contributed by atoms with Gasteiger partial charge in [-0.05, 0) is 0 Å². The van der Waals surface area contributed by atoms with E-state index in [1.54, 1.807) is 0 Å². The van der Waals surface area contributed by atoms with Crippen LogP contribution in [0.25, 0.3) is 0 Å². The van der Waals surface area contributed by atoms with Gasteiger partial charge in [-0.25, -0.2) is 0 Å². The van der Waals surface area contributed by atoms with E-state index in [0.717, 1.165) is 0 Å². The molecule has 0 aromatic carbocycles. The van der Waals surface area contributed by atoms with Crippen LogP contribution >= 0.6 is 30.0 Å². The van der Waals surface area contributed by atoms with Crippen LogP contribution in [0.5, 0.6) is 0 Å². The van der Waals surface area contributed by atoms with Gasteiger partial charge < -0.3 is 0 Å². The maximum absolute atomic E-state index is 4.99. The number of rotatable bonds is 0. The predicted molar refractivity (Wildman–Crippen MR) is 22.1 cm³/mol. The quantitative estimate of drug-likeness (QED) is 0.595. The molecular formula is H2Cl2HgS. The zero-order valence-electron chi connectivity index (χ0n) is 1.96. The van der Waals surface area contributed by atoms with Gasteiger partial charge in [-0.1, -0.05) is 0 Å². The van der Waals surface area contributed by atoms with E-state index >= 15 is 0 Å². The summed E-state index contributed by atoms with van der Waals surface area (Å²) in [5, 5.41) is 0. The summed E-state index contributed by atoms with van der Waals surface area (Å²) in [5.41, 5.74) is 0. The summed E-state index contributed by atoms with van der Waals surface area (Å²) in [5.74, 6) is 0. The Balaban J connectivity index is 0. The summed E-state index contributed by atoms with van der Waals surface area (Å²) < 4.78 is 0. The van der Waals surface area contributed by atoms with Crippen molar-refractivity contribution in [3.63, 3.8) is 0 Å². The van der Waals surface area contributed by atoms with Gasteiger partial charge >= 0.3 is 38.6 Å². The normalized spacial score (nSPS) is 2.50. The zero-order chi connectivity index (χ0) is 2.71. The summed E-state index contributed by atoms with van der Waals surface area (Å²) in [6.45, 7) is 0. The molecule has 0 saturated carbocycles. The minimum absolute atomic E-state index is 0. The van der Waals surface area contributed by atoms with E-state index in [0.29, 0.717) is 0 Å². The summed E-state index contributed by atoms with van der Waals surface area (Å²) in [7, 11) is 9.97. The Morgan fingerprint density at radius 1 is 1.25 bits per heavy atom. The SMILES string of the molecule is S.[Cl][Hg][Cl]. The van der Waals surface area contributed by atoms with Crippen LogP contribution < -0.4 is 0 Å². The van der Waals surface area contributed by atoms with Crippen molar-refractivity contribution in [1.29, 1.82) is 0 Å². The van der Waals surface area contributed by atoms with Crippen molar-refractivity contribution in [2.45, 2.75) is 0 Å². The van der Waals surface area contributed by atoms with Crippen LogP contribution in [-0.2, 0) is 22.1 Å². The van der Waals surface area contributed by atoms with Crippen molar-refractivity contribution in [3.8, 4) is 0 Å². The fourth-order valence-electron chi connectivity index (χ4n) is 0. The third-order valence-corrected chi connectivity index (χ3v) is 0. The van der Waals surface area contributed by atoms with Crippen LogP contribution in [0.4, 0.5) is 0 Å². The first kappa shape index (κ1) is 9.29. The first-order chi connectivity index (χ1) is 1.41. The molecule has 0 aromatic heterocycles. The van der Waals surface area contributed by atoms with Crippen LogP contribution in [0.15, 0.2) is 0 Å². The molecule has 0 N–H and O–H groups in total. The van der Waals surface area contributed by atoms with E-state index in [-0.39, 0.29) is 13.5 Å². The Morgan fingerprint density at radius 2 is 1.25 bits per heavy atom. The van der Waals surface area contributed by atoms with Crippen molar-refractivity contribution in [3.05, 3.63) is 0 Å². The van der Waals surface area contributed by atoms with E-state index in [1.165, 1.54) is 0 Å². The van der Waals surface area contributed by atoms with E-state index in [4.69, 9.17) is 16.5 Å². The second-order valence-corrected chi connectivity index (χ2v) is 7.98. The van der Waals surface area contributed by atoms with Gasteiger partial charge in [0.1, 0.15) is 0 Å². The molecule has 0 radical (unpaired) electrons. The summed E-state index contributed by atoms with van der Waals surface area (Å²) >= 11 is -1.14. The first-order valence-electron chi connectivity index (χ1n) is 0.535. The van der Waals surface area contributed by atoms with Gasteiger partial charge in [-0.15, -0.1) is 0 Å². The third kappa shape index (κ3) is 9.12. The molecule has 0 aliphatic rings. The molecule has 0 heterocycles. The standard InChI is InChI=1S/2ClH.Hg.H2S/h2*1H;;1H2/q;;+2;/p-2. The Morgan fingerprint density at radius 3 is 1.25 bits per heavy atom. The van der Waals surface area contributed by atoms with Gasteiger partial charge in [0.25, 0.3) is 0 Å². The molecule has 0 amide bonds. The van der Waals surface area contributed by atoms with Crippen LogP contribution in [0.2, 0.25) is 0 Å². The second-order valence-electron chi connectivity index (χ2n) is 0.101. The molecule has 0 bridgehead atoms. The van der Waals surface area contributed by atoms with Crippen LogP contribution in [-0.4, -0.2) is 0 Å². The number of hydrogen-bond donors (Lipinski definition) is 0. The van der Waals surface area contributed by atoms with E-state index in [1.807, 2.05) is 0 Å². The fourth-order valence-corrected chi connectivity index (χ4v) is 0. The molecule has 0 saturated heterocycles. The van der Waals surface area contributed by atoms with Gasteiger partial charge in [0.05, 0.1) is 0 Å². The summed E-state index contributed by atoms with van der Waals surface area (Å²) in [6.07, 6.45) is 0. The average molecular weight is 306 g/mol. The van der Waals surface area contributed by atoms with Crippen molar-refractivity contribution < 1.29 is 22.1 Å². The Kier molecular flexibility index (Phi) is 20.6. The topological polar surface area (TPSA) is 0 Å². The van der Waals surface area contributed by atoms with Crippen LogP contribution in [0.3, 0.4) is 0 Å². The van der Waals surface area contributed by atoms with Gasteiger partial charge in [0.15, 0.2) is 0 Å². The monoisotopic (exact) mass is 306 g/mol. The Bertz CT molecular complexity index is 6.00. The van der Waals surface area contributed by atoms with Crippen molar-refractivity contribution in [2.24, 2.45) is 0 Å². The second kappa shape index (κ2) is 8.85. The fraction of sp³-hybridized carbons (Fsp3) is 0. The number of hydrogen-bond acceptors (Lipinski definition) is 0. The van der Waals surface area contributed by atoms with Crippen molar-refractivity contribution >= 4 is 30.0 Å². The van der Waals surface area contributed by atoms with Gasteiger partial charge in [-0.3, -0.25) is 0 Å². The van der Waals surface area contributed by atoms with Gasteiger partial charge in [0.2, 0.25) is 0 Å². The van der Waals surface area contributed by atoms with Crippen LogP contribution in [0, 0.1) is 0 Å². The predicted octanol–water partition coefficient (Wildman–Crippen LogP) is 1.49. The molecular weight excluding hydrogens is 304 g/mol. The molecule has 4 heavy (non-hydrogen) atoms. The molecule has 0 atom stereocenters. The van der Waals surface area contributed by atoms with E-state index < -0.39 is 22.1 Å². The Labute approximate surface area is 51.6 Å². The molecule has 0 aromatic rings. The van der Waals surface area contributed by atoms with Gasteiger partial charge in [0, 0.05) is 0 Å². The van der Waals surface area contributed by atoms with Crippen LogP contribution in [0.1, 0.15) is 0 Å². The molecule has 0 aliphatic carbocycles. The molecule has 24 valence electrons. The third-order valence-electron chi connectivity index (χ3n) is 0. The number of halogens is 2. The van der Waals surface area contributed by atoms with E-state index in [9.17, 15) is 0 Å². The molecule has 4 heteroatoms. The average Bonchev–Trinajstić information content (AvgIpc) is 0.918. The molecule has 0 aliphatic heterocycles. The van der Waals surface area contributed by atoms with Crippen molar-refractivity contribution in [1.82, 2.24) is 0 Å². The maximum atomic E-state index is 4.99.